The van der Waals surface area contributed by atoms with Gasteiger partial charge in [0.05, 0.1) is 6.61 Å². The second-order valence-electron chi connectivity index (χ2n) is 7.56. The minimum absolute atomic E-state index is 0.0493. The summed E-state index contributed by atoms with van der Waals surface area (Å²) in [4.78, 5) is 10.8. The van der Waals surface area contributed by atoms with Gasteiger partial charge in [0.2, 0.25) is 0 Å². The monoisotopic (exact) mass is 425 g/mol. The van der Waals surface area contributed by atoms with Crippen LogP contribution in [0.4, 0.5) is 0 Å². The van der Waals surface area contributed by atoms with E-state index in [4.69, 9.17) is 8.92 Å². The number of hydrogen-bond donors (Lipinski definition) is 0. The molecule has 0 saturated heterocycles. The van der Waals surface area contributed by atoms with Crippen LogP contribution in [0, 0.1) is 0 Å². The molecule has 1 aromatic carbocycles. The number of aldehydes is 1. The summed E-state index contributed by atoms with van der Waals surface area (Å²) in [6.45, 7) is 2.76. The van der Waals surface area contributed by atoms with Crippen molar-refractivity contribution in [1.29, 1.82) is 0 Å². The third-order valence-corrected chi connectivity index (χ3v) is 5.33. The van der Waals surface area contributed by atoms with E-state index in [0.717, 1.165) is 12.8 Å². The summed E-state index contributed by atoms with van der Waals surface area (Å²) in [7, 11) is 0. The molecule has 1 aromatic rings. The molecular formula is C23H37O5S-. The fourth-order valence-corrected chi connectivity index (χ4v) is 3.61. The van der Waals surface area contributed by atoms with E-state index in [1.165, 1.54) is 83.1 Å². The van der Waals surface area contributed by atoms with E-state index in [1.807, 2.05) is 0 Å². The average molecular weight is 426 g/mol. The van der Waals surface area contributed by atoms with Crippen molar-refractivity contribution in [3.05, 3.63) is 23.8 Å². The van der Waals surface area contributed by atoms with Crippen LogP contribution in [0.2, 0.25) is 0 Å². The van der Waals surface area contributed by atoms with Crippen molar-refractivity contribution in [3.63, 3.8) is 0 Å². The molecule has 0 heterocycles. The van der Waals surface area contributed by atoms with Gasteiger partial charge in [0.25, 0.3) is 0 Å². The molecule has 166 valence electrons. The molecule has 0 aliphatic rings. The van der Waals surface area contributed by atoms with Crippen molar-refractivity contribution in [2.75, 3.05) is 6.61 Å². The summed E-state index contributed by atoms with van der Waals surface area (Å²) < 4.78 is 31.9. The van der Waals surface area contributed by atoms with Crippen LogP contribution >= 0.6 is 0 Å². The van der Waals surface area contributed by atoms with Gasteiger partial charge in [-0.05, 0) is 24.6 Å². The van der Waals surface area contributed by atoms with Gasteiger partial charge < -0.3 is 13.5 Å². The Bertz CT molecular complexity index is 576. The lowest BCUT2D eigenvalue weighted by Crippen LogP contribution is -2.03. The van der Waals surface area contributed by atoms with Crippen LogP contribution in [0.15, 0.2) is 18.2 Å². The number of hydrogen-bond acceptors (Lipinski definition) is 5. The first-order valence-electron chi connectivity index (χ1n) is 11.2. The molecule has 0 N–H and O–H groups in total. The van der Waals surface area contributed by atoms with Gasteiger partial charge in [-0.1, -0.05) is 90.4 Å². The van der Waals surface area contributed by atoms with Crippen LogP contribution < -0.4 is 8.92 Å². The van der Waals surface area contributed by atoms with E-state index in [2.05, 4.69) is 6.92 Å². The van der Waals surface area contributed by atoms with Crippen LogP contribution in [0.1, 0.15) is 107 Å². The van der Waals surface area contributed by atoms with Crippen molar-refractivity contribution in [2.45, 2.75) is 96.8 Å². The molecule has 0 amide bonds. The molecule has 0 aromatic heterocycles. The van der Waals surface area contributed by atoms with E-state index in [9.17, 15) is 13.6 Å². The van der Waals surface area contributed by atoms with Gasteiger partial charge in [-0.2, -0.15) is 0 Å². The van der Waals surface area contributed by atoms with Crippen molar-refractivity contribution in [2.24, 2.45) is 0 Å². The third kappa shape index (κ3) is 13.4. The zero-order valence-electron chi connectivity index (χ0n) is 17.9. The summed E-state index contributed by atoms with van der Waals surface area (Å²) in [6.07, 6.45) is 18.8. The summed E-state index contributed by atoms with van der Waals surface area (Å²) in [6, 6.07) is 4.51. The second-order valence-corrected chi connectivity index (χ2v) is 8.13. The lowest BCUT2D eigenvalue weighted by Gasteiger charge is -2.13. The molecule has 1 unspecified atom stereocenters. The van der Waals surface area contributed by atoms with E-state index in [1.54, 1.807) is 12.1 Å². The minimum atomic E-state index is -2.70. The predicted octanol–water partition coefficient (Wildman–Crippen LogP) is 6.53. The summed E-state index contributed by atoms with van der Waals surface area (Å²) in [5, 5.41) is 0. The predicted molar refractivity (Wildman–Crippen MR) is 117 cm³/mol. The number of benzene rings is 1. The van der Waals surface area contributed by atoms with Crippen LogP contribution in [0.25, 0.3) is 0 Å². The van der Waals surface area contributed by atoms with Crippen LogP contribution in [0.3, 0.4) is 0 Å². The second kappa shape index (κ2) is 17.5. The smallest absolute Gasteiger partial charge is 0.181 e. The number of carbonyl (C=O) groups is 1. The molecule has 1 rings (SSSR count). The molecule has 6 heteroatoms. The quantitative estimate of drug-likeness (QED) is 0.143. The van der Waals surface area contributed by atoms with E-state index in [0.29, 0.717) is 24.2 Å². The van der Waals surface area contributed by atoms with E-state index in [-0.39, 0.29) is 5.75 Å². The van der Waals surface area contributed by atoms with Gasteiger partial charge in [0.15, 0.2) is 11.5 Å². The standard InChI is InChI=1S/C23H38O5S/c1-2-3-4-5-6-7-8-9-10-11-12-13-14-15-18-27-22-17-16-21(20-24)19-23(22)28-29(25)26/h16-17,19-20H,2-15,18H2,1H3,(H,25,26)/p-1. The topological polar surface area (TPSA) is 75.7 Å². The molecule has 0 fully saturated rings. The number of ether oxygens (including phenoxy) is 1. The zero-order valence-corrected chi connectivity index (χ0v) is 18.7. The minimum Gasteiger partial charge on any atom is -0.740 e. The molecule has 29 heavy (non-hydrogen) atoms. The van der Waals surface area contributed by atoms with Crippen LogP contribution in [0.5, 0.6) is 11.5 Å². The summed E-state index contributed by atoms with van der Waals surface area (Å²) >= 11 is -2.70. The lowest BCUT2D eigenvalue weighted by molar-refractivity contribution is 0.112. The van der Waals surface area contributed by atoms with Crippen LogP contribution in [-0.2, 0) is 11.4 Å². The van der Waals surface area contributed by atoms with Gasteiger partial charge in [0, 0.05) is 5.56 Å². The Morgan fingerprint density at radius 2 is 1.34 bits per heavy atom. The Labute approximate surface area is 179 Å². The van der Waals surface area contributed by atoms with Gasteiger partial charge in [-0.15, -0.1) is 0 Å². The molecule has 0 bridgehead atoms. The van der Waals surface area contributed by atoms with Crippen LogP contribution in [-0.4, -0.2) is 21.7 Å². The van der Waals surface area contributed by atoms with Crippen molar-refractivity contribution in [3.8, 4) is 11.5 Å². The fraction of sp³-hybridized carbons (Fsp3) is 0.696. The van der Waals surface area contributed by atoms with Crippen molar-refractivity contribution < 1.29 is 22.5 Å². The molecular weight excluding hydrogens is 388 g/mol. The van der Waals surface area contributed by atoms with Gasteiger partial charge in [0.1, 0.15) is 17.6 Å². The maximum Gasteiger partial charge on any atom is 0.181 e. The highest BCUT2D eigenvalue weighted by atomic mass is 32.2. The Morgan fingerprint density at radius 1 is 0.828 bits per heavy atom. The largest absolute Gasteiger partial charge is 0.740 e. The molecule has 0 saturated carbocycles. The fourth-order valence-electron chi connectivity index (χ4n) is 3.33. The van der Waals surface area contributed by atoms with Gasteiger partial charge >= 0.3 is 0 Å². The highest BCUT2D eigenvalue weighted by Crippen LogP contribution is 2.28. The Balaban J connectivity index is 2.02. The summed E-state index contributed by atoms with van der Waals surface area (Å²) in [5.74, 6) is 0.391. The third-order valence-electron chi connectivity index (χ3n) is 5.02. The zero-order chi connectivity index (χ0) is 21.2. The molecule has 0 aliphatic heterocycles. The maximum absolute atomic E-state index is 10.8. The molecule has 0 radical (unpaired) electrons. The Kier molecular flexibility index (Phi) is 15.4. The van der Waals surface area contributed by atoms with Gasteiger partial charge in [-0.25, -0.2) is 4.21 Å². The normalized spacial score (nSPS) is 11.9. The highest BCUT2D eigenvalue weighted by molar-refractivity contribution is 7.74. The number of unbranched alkanes of at least 4 members (excludes halogenated alkanes) is 13. The van der Waals surface area contributed by atoms with Crippen molar-refractivity contribution in [1.82, 2.24) is 0 Å². The first-order valence-corrected chi connectivity index (χ1v) is 12.2. The maximum atomic E-state index is 10.8. The average Bonchev–Trinajstić information content (AvgIpc) is 2.71. The molecule has 0 aliphatic carbocycles. The Hall–Kier alpha value is -1.40. The summed E-state index contributed by atoms with van der Waals surface area (Å²) in [5.41, 5.74) is 0.342. The molecule has 0 spiro atoms. The Morgan fingerprint density at radius 3 is 1.83 bits per heavy atom. The van der Waals surface area contributed by atoms with E-state index < -0.39 is 11.4 Å². The highest BCUT2D eigenvalue weighted by Gasteiger charge is 2.07. The first kappa shape index (κ1) is 25.6. The molecule has 1 atom stereocenters. The molecule has 5 nitrogen and oxygen atoms in total. The SMILES string of the molecule is CCCCCCCCCCCCCCCCOc1ccc(C=O)cc1OS(=O)[O-]. The van der Waals surface area contributed by atoms with Crippen molar-refractivity contribution >= 4 is 17.6 Å². The van der Waals surface area contributed by atoms with E-state index >= 15 is 0 Å². The lowest BCUT2D eigenvalue weighted by atomic mass is 10.0. The number of carbonyl (C=O) groups excluding carboxylic acids is 1. The first-order chi connectivity index (χ1) is 14.2. The van der Waals surface area contributed by atoms with Gasteiger partial charge in [-0.3, -0.25) is 4.79 Å². The number of rotatable bonds is 19.